The number of rotatable bonds is 3. The molecule has 1 N–H and O–H groups in total. The average Bonchev–Trinajstić information content (AvgIpc) is 2.67. The predicted octanol–water partition coefficient (Wildman–Crippen LogP) is 1.62. The first-order valence-corrected chi connectivity index (χ1v) is 5.28. The second kappa shape index (κ2) is 4.78. The van der Waals surface area contributed by atoms with E-state index in [4.69, 9.17) is 4.52 Å². The first-order valence-electron chi connectivity index (χ1n) is 5.28. The number of amides is 1. The third-order valence-electron chi connectivity index (χ3n) is 2.53. The Hall–Kier alpha value is -2.17. The van der Waals surface area contributed by atoms with Crippen LogP contribution in [0.1, 0.15) is 27.4 Å². The number of aromatic nitrogens is 2. The van der Waals surface area contributed by atoms with E-state index in [0.29, 0.717) is 12.1 Å². The van der Waals surface area contributed by atoms with Gasteiger partial charge >= 0.3 is 0 Å². The summed E-state index contributed by atoms with van der Waals surface area (Å²) in [5.41, 5.74) is 2.26. The van der Waals surface area contributed by atoms with Gasteiger partial charge in [-0.15, -0.1) is 0 Å². The largest absolute Gasteiger partial charge is 0.361 e. The Morgan fingerprint density at radius 1 is 1.47 bits per heavy atom. The Bertz CT molecular complexity index is 500. The predicted molar refractivity (Wildman–Crippen MR) is 61.4 cm³/mol. The molecule has 0 atom stereocenters. The number of aryl methyl sites for hydroxylation is 2. The fourth-order valence-corrected chi connectivity index (χ4v) is 1.52. The molecule has 17 heavy (non-hydrogen) atoms. The van der Waals surface area contributed by atoms with Crippen LogP contribution in [0.3, 0.4) is 0 Å². The number of hydrogen-bond donors (Lipinski definition) is 1. The number of carbonyl (C=O) groups is 1. The Labute approximate surface area is 98.8 Å². The number of carbonyl (C=O) groups excluding carboxylic acids is 1. The molecule has 0 aliphatic heterocycles. The summed E-state index contributed by atoms with van der Waals surface area (Å²) in [6, 6.07) is 3.44. The molecule has 5 heteroatoms. The molecule has 2 rings (SSSR count). The highest BCUT2D eigenvalue weighted by Gasteiger charge is 2.11. The maximum atomic E-state index is 11.8. The molecule has 0 aromatic carbocycles. The summed E-state index contributed by atoms with van der Waals surface area (Å²) in [4.78, 5) is 15.7. The van der Waals surface area contributed by atoms with E-state index >= 15 is 0 Å². The monoisotopic (exact) mass is 231 g/mol. The van der Waals surface area contributed by atoms with Gasteiger partial charge in [0.2, 0.25) is 0 Å². The van der Waals surface area contributed by atoms with Crippen molar-refractivity contribution >= 4 is 5.91 Å². The molecule has 0 bridgehead atoms. The van der Waals surface area contributed by atoms with E-state index in [1.165, 1.54) is 6.20 Å². The summed E-state index contributed by atoms with van der Waals surface area (Å²) in [6.07, 6.45) is 3.16. The molecule has 0 saturated carbocycles. The van der Waals surface area contributed by atoms with E-state index in [1.807, 2.05) is 13.8 Å². The van der Waals surface area contributed by atoms with Crippen LogP contribution < -0.4 is 5.32 Å². The minimum absolute atomic E-state index is 0.155. The van der Waals surface area contributed by atoms with Crippen molar-refractivity contribution in [3.05, 3.63) is 47.1 Å². The summed E-state index contributed by atoms with van der Waals surface area (Å²) in [6.45, 7) is 4.09. The van der Waals surface area contributed by atoms with E-state index in [-0.39, 0.29) is 5.91 Å². The van der Waals surface area contributed by atoms with Crippen LogP contribution >= 0.6 is 0 Å². The van der Waals surface area contributed by atoms with Gasteiger partial charge in [-0.1, -0.05) is 5.16 Å². The SMILES string of the molecule is Cc1noc(C)c1CNC(=O)c1cccnc1. The van der Waals surface area contributed by atoms with Crippen LogP contribution in [-0.2, 0) is 6.54 Å². The van der Waals surface area contributed by atoms with Gasteiger partial charge in [-0.2, -0.15) is 0 Å². The Morgan fingerprint density at radius 3 is 2.88 bits per heavy atom. The minimum atomic E-state index is -0.155. The fraction of sp³-hybridized carbons (Fsp3) is 0.250. The molecule has 0 fully saturated rings. The standard InChI is InChI=1S/C12H13N3O2/c1-8-11(9(2)17-15-8)7-14-12(16)10-4-3-5-13-6-10/h3-6H,7H2,1-2H3,(H,14,16). The lowest BCUT2D eigenvalue weighted by atomic mass is 10.2. The number of pyridine rings is 1. The molecule has 0 aliphatic carbocycles. The lowest BCUT2D eigenvalue weighted by Gasteiger charge is -2.04. The summed E-state index contributed by atoms with van der Waals surface area (Å²) < 4.78 is 5.02. The molecule has 2 heterocycles. The second-order valence-electron chi connectivity index (χ2n) is 3.73. The zero-order valence-electron chi connectivity index (χ0n) is 9.73. The van der Waals surface area contributed by atoms with Gasteiger partial charge in [0.25, 0.3) is 5.91 Å². The topological polar surface area (TPSA) is 68.0 Å². The highest BCUT2D eigenvalue weighted by Crippen LogP contribution is 2.11. The van der Waals surface area contributed by atoms with Crippen molar-refractivity contribution in [2.24, 2.45) is 0 Å². The van der Waals surface area contributed by atoms with E-state index in [1.54, 1.807) is 18.3 Å². The third kappa shape index (κ3) is 2.50. The highest BCUT2D eigenvalue weighted by molar-refractivity contribution is 5.93. The summed E-state index contributed by atoms with van der Waals surface area (Å²) in [7, 11) is 0. The van der Waals surface area contributed by atoms with E-state index in [2.05, 4.69) is 15.5 Å². The van der Waals surface area contributed by atoms with Gasteiger partial charge < -0.3 is 9.84 Å². The fourth-order valence-electron chi connectivity index (χ4n) is 1.52. The van der Waals surface area contributed by atoms with Gasteiger partial charge in [-0.25, -0.2) is 0 Å². The molecule has 0 radical (unpaired) electrons. The van der Waals surface area contributed by atoms with Gasteiger partial charge in [-0.05, 0) is 26.0 Å². The molecule has 0 unspecified atom stereocenters. The Balaban J connectivity index is 2.02. The molecular weight excluding hydrogens is 218 g/mol. The molecule has 0 saturated heterocycles. The van der Waals surface area contributed by atoms with Crippen LogP contribution in [0.25, 0.3) is 0 Å². The maximum absolute atomic E-state index is 11.8. The summed E-state index contributed by atoms with van der Waals surface area (Å²) in [5.74, 6) is 0.576. The molecule has 1 amide bonds. The van der Waals surface area contributed by atoms with Crippen LogP contribution in [0.5, 0.6) is 0 Å². The van der Waals surface area contributed by atoms with Crippen LogP contribution in [0.15, 0.2) is 29.0 Å². The lowest BCUT2D eigenvalue weighted by Crippen LogP contribution is -2.23. The van der Waals surface area contributed by atoms with Crippen LogP contribution in [-0.4, -0.2) is 16.0 Å². The zero-order valence-corrected chi connectivity index (χ0v) is 9.73. The molecular formula is C12H13N3O2. The molecule has 2 aromatic rings. The van der Waals surface area contributed by atoms with Crippen LogP contribution in [0, 0.1) is 13.8 Å². The van der Waals surface area contributed by atoms with Crippen molar-refractivity contribution in [2.45, 2.75) is 20.4 Å². The summed E-state index contributed by atoms with van der Waals surface area (Å²) >= 11 is 0. The number of nitrogens with one attached hydrogen (secondary N) is 1. The van der Waals surface area contributed by atoms with Crippen molar-refractivity contribution in [1.82, 2.24) is 15.5 Å². The van der Waals surface area contributed by atoms with Gasteiger partial charge in [0.05, 0.1) is 11.3 Å². The van der Waals surface area contributed by atoms with Crippen molar-refractivity contribution in [1.29, 1.82) is 0 Å². The van der Waals surface area contributed by atoms with Crippen LogP contribution in [0.2, 0.25) is 0 Å². The van der Waals surface area contributed by atoms with Gasteiger partial charge in [0.1, 0.15) is 5.76 Å². The minimum Gasteiger partial charge on any atom is -0.361 e. The normalized spacial score (nSPS) is 10.2. The molecule has 0 spiro atoms. The number of hydrogen-bond acceptors (Lipinski definition) is 4. The van der Waals surface area contributed by atoms with Crippen molar-refractivity contribution in [3.63, 3.8) is 0 Å². The van der Waals surface area contributed by atoms with Gasteiger partial charge in [0.15, 0.2) is 0 Å². The molecule has 88 valence electrons. The first-order chi connectivity index (χ1) is 8.18. The van der Waals surface area contributed by atoms with Gasteiger partial charge in [-0.3, -0.25) is 9.78 Å². The van der Waals surface area contributed by atoms with Crippen molar-refractivity contribution < 1.29 is 9.32 Å². The lowest BCUT2D eigenvalue weighted by molar-refractivity contribution is 0.0950. The van der Waals surface area contributed by atoms with E-state index < -0.39 is 0 Å². The maximum Gasteiger partial charge on any atom is 0.253 e. The zero-order chi connectivity index (χ0) is 12.3. The Kier molecular flexibility index (Phi) is 3.18. The van der Waals surface area contributed by atoms with Crippen molar-refractivity contribution in [2.75, 3.05) is 0 Å². The van der Waals surface area contributed by atoms with E-state index in [9.17, 15) is 4.79 Å². The van der Waals surface area contributed by atoms with E-state index in [0.717, 1.165) is 17.0 Å². The molecule has 2 aromatic heterocycles. The van der Waals surface area contributed by atoms with Crippen molar-refractivity contribution in [3.8, 4) is 0 Å². The third-order valence-corrected chi connectivity index (χ3v) is 2.53. The Morgan fingerprint density at radius 2 is 2.29 bits per heavy atom. The average molecular weight is 231 g/mol. The quantitative estimate of drug-likeness (QED) is 0.871. The smallest absolute Gasteiger partial charge is 0.253 e. The molecule has 0 aliphatic rings. The number of nitrogens with zero attached hydrogens (tertiary/aromatic N) is 2. The first kappa shape index (κ1) is 11.3. The summed E-state index contributed by atoms with van der Waals surface area (Å²) in [5, 5.41) is 6.63. The highest BCUT2D eigenvalue weighted by atomic mass is 16.5. The van der Waals surface area contributed by atoms with Crippen LogP contribution in [0.4, 0.5) is 0 Å². The van der Waals surface area contributed by atoms with Gasteiger partial charge in [0, 0.05) is 24.5 Å². The molecule has 5 nitrogen and oxygen atoms in total. The second-order valence-corrected chi connectivity index (χ2v) is 3.73.